The molecule has 1 aromatic heterocycles. The molecule has 1 aliphatic rings. The Labute approximate surface area is 99.0 Å². The van der Waals surface area contributed by atoms with Crippen LogP contribution >= 0.6 is 0 Å². The lowest BCUT2D eigenvalue weighted by Gasteiger charge is -2.39. The van der Waals surface area contributed by atoms with Gasteiger partial charge in [0.15, 0.2) is 11.6 Å². The second kappa shape index (κ2) is 4.93. The molecule has 0 spiro atoms. The first-order chi connectivity index (χ1) is 8.21. The average molecular weight is 241 g/mol. The van der Waals surface area contributed by atoms with E-state index in [0.29, 0.717) is 31.9 Å². The number of aliphatic hydroxyl groups is 1. The summed E-state index contributed by atoms with van der Waals surface area (Å²) in [6.45, 7) is 3.28. The second-order valence-corrected chi connectivity index (χ2v) is 4.34. The van der Waals surface area contributed by atoms with Crippen LogP contribution < -0.4 is 5.32 Å². The van der Waals surface area contributed by atoms with Gasteiger partial charge in [-0.1, -0.05) is 6.92 Å². The van der Waals surface area contributed by atoms with Crippen LogP contribution in [0.1, 0.15) is 12.6 Å². The summed E-state index contributed by atoms with van der Waals surface area (Å²) in [7, 11) is 0. The molecular weight excluding hydrogens is 225 g/mol. The Morgan fingerprint density at radius 2 is 2.29 bits per heavy atom. The van der Waals surface area contributed by atoms with E-state index < -0.39 is 5.82 Å². The Bertz CT molecular complexity index is 391. The van der Waals surface area contributed by atoms with E-state index in [1.165, 1.54) is 6.33 Å². The fraction of sp³-hybridized carbons (Fsp3) is 0.636. The normalized spacial score (nSPS) is 17.6. The van der Waals surface area contributed by atoms with Gasteiger partial charge in [-0.2, -0.15) is 0 Å². The molecule has 1 aromatic rings. The van der Waals surface area contributed by atoms with Crippen LogP contribution in [0, 0.1) is 11.2 Å². The Hall–Kier alpha value is -1.27. The minimum absolute atomic E-state index is 0.0212. The highest BCUT2D eigenvalue weighted by atomic mass is 19.1. The van der Waals surface area contributed by atoms with E-state index in [0.717, 1.165) is 0 Å². The van der Waals surface area contributed by atoms with Crippen LogP contribution in [0.15, 0.2) is 6.33 Å². The molecule has 1 aliphatic heterocycles. The summed E-state index contributed by atoms with van der Waals surface area (Å²) >= 11 is 0. The molecule has 0 saturated carbocycles. The van der Waals surface area contributed by atoms with Crippen molar-refractivity contribution in [1.29, 1.82) is 0 Å². The van der Waals surface area contributed by atoms with E-state index in [2.05, 4.69) is 15.3 Å². The van der Waals surface area contributed by atoms with Crippen LogP contribution in [-0.2, 0) is 11.2 Å². The zero-order valence-corrected chi connectivity index (χ0v) is 9.74. The highest BCUT2D eigenvalue weighted by molar-refractivity contribution is 5.37. The van der Waals surface area contributed by atoms with E-state index in [1.54, 1.807) is 0 Å². The fourth-order valence-corrected chi connectivity index (χ4v) is 1.69. The van der Waals surface area contributed by atoms with Gasteiger partial charge in [-0.05, 0) is 6.42 Å². The summed E-state index contributed by atoms with van der Waals surface area (Å²) in [6, 6.07) is 0. The molecule has 2 N–H and O–H groups in total. The highest BCUT2D eigenvalue weighted by Crippen LogP contribution is 2.27. The molecule has 1 fully saturated rings. The number of anilines is 1. The van der Waals surface area contributed by atoms with E-state index in [1.807, 2.05) is 6.92 Å². The van der Waals surface area contributed by atoms with Crippen molar-refractivity contribution in [3.8, 4) is 0 Å². The first-order valence-electron chi connectivity index (χ1n) is 5.62. The maximum absolute atomic E-state index is 13.8. The third-order valence-corrected chi connectivity index (χ3v) is 2.98. The van der Waals surface area contributed by atoms with Crippen molar-refractivity contribution >= 4 is 5.82 Å². The van der Waals surface area contributed by atoms with Crippen LogP contribution in [-0.4, -0.2) is 41.4 Å². The van der Waals surface area contributed by atoms with Gasteiger partial charge in [0.1, 0.15) is 6.33 Å². The molecule has 94 valence electrons. The second-order valence-electron chi connectivity index (χ2n) is 4.34. The molecule has 5 nitrogen and oxygen atoms in total. The molecule has 0 atom stereocenters. The molecule has 2 rings (SSSR count). The summed E-state index contributed by atoms with van der Waals surface area (Å²) in [5.74, 6) is -0.222. The summed E-state index contributed by atoms with van der Waals surface area (Å²) in [6.07, 6.45) is 1.87. The predicted molar refractivity (Wildman–Crippen MR) is 60.2 cm³/mol. The molecule has 0 radical (unpaired) electrons. The van der Waals surface area contributed by atoms with E-state index in [-0.39, 0.29) is 17.8 Å². The number of halogens is 1. The maximum Gasteiger partial charge on any atom is 0.186 e. The Kier molecular flexibility index (Phi) is 3.54. The standard InChI is InChI=1S/C11H16FN3O2/c1-2-8-9(12)10(15-7-14-8)13-3-11(4-16)5-17-6-11/h7,16H,2-6H2,1H3,(H,13,14,15). The molecule has 1 saturated heterocycles. The molecule has 2 heterocycles. The van der Waals surface area contributed by atoms with Crippen molar-refractivity contribution < 1.29 is 14.2 Å². The number of nitrogens with zero attached hydrogens (tertiary/aromatic N) is 2. The minimum atomic E-state index is -0.414. The van der Waals surface area contributed by atoms with Gasteiger partial charge in [-0.25, -0.2) is 14.4 Å². The average Bonchev–Trinajstić information content (AvgIpc) is 2.30. The lowest BCUT2D eigenvalue weighted by atomic mass is 9.87. The van der Waals surface area contributed by atoms with Crippen molar-refractivity contribution in [2.24, 2.45) is 5.41 Å². The lowest BCUT2D eigenvalue weighted by Crippen LogP contribution is -2.50. The minimum Gasteiger partial charge on any atom is -0.396 e. The van der Waals surface area contributed by atoms with E-state index in [9.17, 15) is 9.50 Å². The highest BCUT2D eigenvalue weighted by Gasteiger charge is 2.38. The molecule has 6 heteroatoms. The van der Waals surface area contributed by atoms with Gasteiger partial charge < -0.3 is 15.2 Å². The molecule has 0 aromatic carbocycles. The number of aromatic nitrogens is 2. The molecule has 0 amide bonds. The summed E-state index contributed by atoms with van der Waals surface area (Å²) in [4.78, 5) is 7.72. The Morgan fingerprint density at radius 3 is 2.82 bits per heavy atom. The van der Waals surface area contributed by atoms with Gasteiger partial charge in [-0.3, -0.25) is 0 Å². The van der Waals surface area contributed by atoms with Crippen LogP contribution in [0.3, 0.4) is 0 Å². The summed E-state index contributed by atoms with van der Waals surface area (Å²) in [5, 5.41) is 12.2. The van der Waals surface area contributed by atoms with Crippen LogP contribution in [0.5, 0.6) is 0 Å². The number of ether oxygens (including phenoxy) is 1. The van der Waals surface area contributed by atoms with Crippen LogP contribution in [0.4, 0.5) is 10.2 Å². The topological polar surface area (TPSA) is 67.3 Å². The number of rotatable bonds is 5. The first-order valence-corrected chi connectivity index (χ1v) is 5.62. The largest absolute Gasteiger partial charge is 0.396 e. The van der Waals surface area contributed by atoms with Crippen LogP contribution in [0.2, 0.25) is 0 Å². The third-order valence-electron chi connectivity index (χ3n) is 2.98. The summed E-state index contributed by atoms with van der Waals surface area (Å²) in [5.41, 5.74) is 0.0921. The van der Waals surface area contributed by atoms with Crippen molar-refractivity contribution in [2.45, 2.75) is 13.3 Å². The first kappa shape index (κ1) is 12.2. The van der Waals surface area contributed by atoms with Gasteiger partial charge in [0.25, 0.3) is 0 Å². The van der Waals surface area contributed by atoms with Crippen molar-refractivity contribution in [2.75, 3.05) is 31.7 Å². The fourth-order valence-electron chi connectivity index (χ4n) is 1.69. The van der Waals surface area contributed by atoms with Gasteiger partial charge in [0.05, 0.1) is 30.9 Å². The SMILES string of the molecule is CCc1ncnc(NCC2(CO)COC2)c1F. The molecule has 0 bridgehead atoms. The molecule has 0 unspecified atom stereocenters. The van der Waals surface area contributed by atoms with E-state index >= 15 is 0 Å². The number of aliphatic hydroxyl groups excluding tert-OH is 1. The monoisotopic (exact) mass is 241 g/mol. The number of aryl methyl sites for hydroxylation is 1. The third kappa shape index (κ3) is 2.37. The van der Waals surface area contributed by atoms with Gasteiger partial charge in [0.2, 0.25) is 0 Å². The van der Waals surface area contributed by atoms with Crippen molar-refractivity contribution in [3.05, 3.63) is 17.8 Å². The van der Waals surface area contributed by atoms with E-state index in [4.69, 9.17) is 4.74 Å². The Balaban J connectivity index is 2.04. The van der Waals surface area contributed by atoms with Gasteiger partial charge in [0, 0.05) is 6.54 Å². The maximum atomic E-state index is 13.8. The molecular formula is C11H16FN3O2. The van der Waals surface area contributed by atoms with Gasteiger partial charge >= 0.3 is 0 Å². The molecule has 0 aliphatic carbocycles. The van der Waals surface area contributed by atoms with Gasteiger partial charge in [-0.15, -0.1) is 0 Å². The summed E-state index contributed by atoms with van der Waals surface area (Å²) < 4.78 is 18.9. The number of hydrogen-bond donors (Lipinski definition) is 2. The quantitative estimate of drug-likeness (QED) is 0.790. The van der Waals surface area contributed by atoms with Crippen molar-refractivity contribution in [1.82, 2.24) is 9.97 Å². The Morgan fingerprint density at radius 1 is 1.53 bits per heavy atom. The smallest absolute Gasteiger partial charge is 0.186 e. The number of nitrogens with one attached hydrogen (secondary N) is 1. The van der Waals surface area contributed by atoms with Crippen LogP contribution in [0.25, 0.3) is 0 Å². The zero-order chi connectivity index (χ0) is 12.3. The van der Waals surface area contributed by atoms with Crippen molar-refractivity contribution in [3.63, 3.8) is 0 Å². The molecule has 17 heavy (non-hydrogen) atoms. The predicted octanol–water partition coefficient (Wildman–Crippen LogP) is 0.599. The number of hydrogen-bond acceptors (Lipinski definition) is 5. The lowest BCUT2D eigenvalue weighted by molar-refractivity contribution is -0.128. The zero-order valence-electron chi connectivity index (χ0n) is 9.74.